The molecule has 1 fully saturated rings. The second-order valence-electron chi connectivity index (χ2n) is 5.80. The molecule has 90 valence electrons. The van der Waals surface area contributed by atoms with Crippen LogP contribution >= 0.6 is 0 Å². The van der Waals surface area contributed by atoms with E-state index in [0.717, 1.165) is 6.54 Å². The van der Waals surface area contributed by atoms with Gasteiger partial charge in [0, 0.05) is 25.2 Å². The van der Waals surface area contributed by atoms with Crippen molar-refractivity contribution in [3.05, 3.63) is 0 Å². The third kappa shape index (κ3) is 4.09. The molecule has 1 rings (SSSR count). The lowest BCUT2D eigenvalue weighted by molar-refractivity contribution is 0.0602. The second-order valence-corrected chi connectivity index (χ2v) is 5.80. The molecule has 1 aliphatic rings. The van der Waals surface area contributed by atoms with Gasteiger partial charge in [0.15, 0.2) is 0 Å². The molecule has 0 aromatic carbocycles. The lowest BCUT2D eigenvalue weighted by Gasteiger charge is -2.40. The first-order chi connectivity index (χ1) is 6.79. The number of rotatable bonds is 3. The summed E-state index contributed by atoms with van der Waals surface area (Å²) in [4.78, 5) is 2.41. The van der Waals surface area contributed by atoms with Crippen molar-refractivity contribution in [2.24, 2.45) is 5.92 Å². The predicted octanol–water partition coefficient (Wildman–Crippen LogP) is 1.08. The van der Waals surface area contributed by atoms with Gasteiger partial charge in [-0.1, -0.05) is 6.92 Å². The van der Waals surface area contributed by atoms with Crippen LogP contribution in [0.2, 0.25) is 0 Å². The molecule has 1 saturated heterocycles. The van der Waals surface area contributed by atoms with Crippen molar-refractivity contribution in [1.29, 1.82) is 0 Å². The Morgan fingerprint density at radius 2 is 2.00 bits per heavy atom. The van der Waals surface area contributed by atoms with E-state index in [1.165, 1.54) is 6.42 Å². The Morgan fingerprint density at radius 3 is 2.53 bits per heavy atom. The molecule has 1 aliphatic heterocycles. The van der Waals surface area contributed by atoms with Gasteiger partial charge in [-0.05, 0) is 40.2 Å². The smallest absolute Gasteiger partial charge is 0.0715 e. The Hall–Kier alpha value is -0.120. The van der Waals surface area contributed by atoms with Gasteiger partial charge < -0.3 is 15.3 Å². The minimum Gasteiger partial charge on any atom is -0.389 e. The van der Waals surface area contributed by atoms with Crippen LogP contribution in [0.4, 0.5) is 0 Å². The standard InChI is InChI=1S/C12H26N2O/c1-9-7-14(5)10(2)6-11(9)13-8-12(3,4)15/h9-11,13,15H,6-8H2,1-5H3/t9-,10+,11-/m1/s1. The maximum absolute atomic E-state index is 9.68. The highest BCUT2D eigenvalue weighted by Gasteiger charge is 2.29. The van der Waals surface area contributed by atoms with Crippen LogP contribution in [0.25, 0.3) is 0 Å². The third-order valence-corrected chi connectivity index (χ3v) is 3.41. The maximum atomic E-state index is 9.68. The molecule has 1 heterocycles. The Balaban J connectivity index is 2.41. The van der Waals surface area contributed by atoms with Crippen molar-refractivity contribution in [2.75, 3.05) is 20.1 Å². The highest BCUT2D eigenvalue weighted by molar-refractivity contribution is 4.87. The maximum Gasteiger partial charge on any atom is 0.0715 e. The Bertz CT molecular complexity index is 200. The Morgan fingerprint density at radius 1 is 1.40 bits per heavy atom. The lowest BCUT2D eigenvalue weighted by Crippen LogP contribution is -2.53. The number of piperidine rings is 1. The predicted molar refractivity (Wildman–Crippen MR) is 64.0 cm³/mol. The summed E-state index contributed by atoms with van der Waals surface area (Å²) in [5.41, 5.74) is -0.605. The van der Waals surface area contributed by atoms with Crippen LogP contribution in [0.1, 0.15) is 34.1 Å². The summed E-state index contributed by atoms with van der Waals surface area (Å²) in [6.45, 7) is 10.1. The van der Waals surface area contributed by atoms with Crippen molar-refractivity contribution < 1.29 is 5.11 Å². The monoisotopic (exact) mass is 214 g/mol. The van der Waals surface area contributed by atoms with Crippen molar-refractivity contribution in [3.63, 3.8) is 0 Å². The fraction of sp³-hybridized carbons (Fsp3) is 1.00. The van der Waals surface area contributed by atoms with Gasteiger partial charge in [0.1, 0.15) is 0 Å². The molecule has 3 heteroatoms. The minimum absolute atomic E-state index is 0.544. The van der Waals surface area contributed by atoms with Crippen molar-refractivity contribution in [3.8, 4) is 0 Å². The zero-order valence-corrected chi connectivity index (χ0v) is 10.7. The van der Waals surface area contributed by atoms with Gasteiger partial charge in [0.2, 0.25) is 0 Å². The molecule has 0 spiro atoms. The number of hydrogen-bond acceptors (Lipinski definition) is 3. The molecule has 0 unspecified atom stereocenters. The van der Waals surface area contributed by atoms with Gasteiger partial charge in [-0.2, -0.15) is 0 Å². The largest absolute Gasteiger partial charge is 0.389 e. The molecule has 0 aromatic rings. The summed E-state index contributed by atoms with van der Waals surface area (Å²) in [6.07, 6.45) is 1.17. The molecule has 0 radical (unpaired) electrons. The molecule has 3 atom stereocenters. The fourth-order valence-electron chi connectivity index (χ4n) is 2.21. The molecular formula is C12H26N2O. The second kappa shape index (κ2) is 4.81. The van der Waals surface area contributed by atoms with Crippen LogP contribution in [0.15, 0.2) is 0 Å². The SMILES string of the molecule is C[C@@H]1CN(C)[C@@H](C)C[C@H]1NCC(C)(C)O. The average Bonchev–Trinajstić information content (AvgIpc) is 2.07. The molecular weight excluding hydrogens is 188 g/mol. The number of nitrogens with zero attached hydrogens (tertiary/aromatic N) is 1. The summed E-state index contributed by atoms with van der Waals surface area (Å²) >= 11 is 0. The van der Waals surface area contributed by atoms with Crippen molar-refractivity contribution in [2.45, 2.75) is 51.8 Å². The molecule has 3 nitrogen and oxygen atoms in total. The van der Waals surface area contributed by atoms with Gasteiger partial charge in [-0.15, -0.1) is 0 Å². The van der Waals surface area contributed by atoms with Gasteiger partial charge in [-0.3, -0.25) is 0 Å². The third-order valence-electron chi connectivity index (χ3n) is 3.41. The van der Waals surface area contributed by atoms with Crippen molar-refractivity contribution >= 4 is 0 Å². The van der Waals surface area contributed by atoms with Crippen LogP contribution in [0.3, 0.4) is 0 Å². The summed E-state index contributed by atoms with van der Waals surface area (Å²) < 4.78 is 0. The molecule has 2 N–H and O–H groups in total. The van der Waals surface area contributed by atoms with Crippen molar-refractivity contribution in [1.82, 2.24) is 10.2 Å². The van der Waals surface area contributed by atoms with E-state index in [0.29, 0.717) is 24.5 Å². The molecule has 0 amide bonds. The van der Waals surface area contributed by atoms with E-state index in [-0.39, 0.29) is 0 Å². The Kier molecular flexibility index (Phi) is 4.15. The van der Waals surface area contributed by atoms with Crippen LogP contribution in [0.5, 0.6) is 0 Å². The summed E-state index contributed by atoms with van der Waals surface area (Å²) in [6, 6.07) is 1.18. The Labute approximate surface area is 93.9 Å². The number of aliphatic hydroxyl groups is 1. The van der Waals surface area contributed by atoms with E-state index < -0.39 is 5.60 Å². The summed E-state index contributed by atoms with van der Waals surface area (Å²) in [5, 5.41) is 13.2. The first-order valence-electron chi connectivity index (χ1n) is 5.95. The average molecular weight is 214 g/mol. The molecule has 0 bridgehead atoms. The van der Waals surface area contributed by atoms with Crippen LogP contribution in [0, 0.1) is 5.92 Å². The fourth-order valence-corrected chi connectivity index (χ4v) is 2.21. The van der Waals surface area contributed by atoms with Crippen LogP contribution in [-0.4, -0.2) is 47.8 Å². The van der Waals surface area contributed by atoms with E-state index in [1.807, 2.05) is 13.8 Å². The van der Waals surface area contributed by atoms with E-state index in [9.17, 15) is 5.11 Å². The zero-order chi connectivity index (χ0) is 11.6. The van der Waals surface area contributed by atoms with Gasteiger partial charge >= 0.3 is 0 Å². The van der Waals surface area contributed by atoms with E-state index in [2.05, 4.69) is 31.1 Å². The van der Waals surface area contributed by atoms with Crippen LogP contribution in [-0.2, 0) is 0 Å². The van der Waals surface area contributed by atoms with Gasteiger partial charge in [0.05, 0.1) is 5.60 Å². The molecule has 0 aliphatic carbocycles. The quantitative estimate of drug-likeness (QED) is 0.738. The highest BCUT2D eigenvalue weighted by Crippen LogP contribution is 2.20. The minimum atomic E-state index is -0.605. The number of likely N-dealkylation sites (tertiary alicyclic amines) is 1. The summed E-state index contributed by atoms with van der Waals surface area (Å²) in [5.74, 6) is 0.661. The molecule has 0 saturated carbocycles. The normalized spacial score (nSPS) is 34.4. The first kappa shape index (κ1) is 12.9. The lowest BCUT2D eigenvalue weighted by atomic mass is 9.89. The van der Waals surface area contributed by atoms with E-state index in [4.69, 9.17) is 0 Å². The highest BCUT2D eigenvalue weighted by atomic mass is 16.3. The van der Waals surface area contributed by atoms with E-state index in [1.54, 1.807) is 0 Å². The van der Waals surface area contributed by atoms with Crippen LogP contribution < -0.4 is 5.32 Å². The summed E-state index contributed by atoms with van der Waals surface area (Å²) in [7, 11) is 2.19. The molecule has 0 aromatic heterocycles. The van der Waals surface area contributed by atoms with Gasteiger partial charge in [0.25, 0.3) is 0 Å². The number of hydrogen-bond donors (Lipinski definition) is 2. The number of nitrogens with one attached hydrogen (secondary N) is 1. The van der Waals surface area contributed by atoms with Gasteiger partial charge in [-0.25, -0.2) is 0 Å². The van der Waals surface area contributed by atoms with E-state index >= 15 is 0 Å². The zero-order valence-electron chi connectivity index (χ0n) is 10.7. The first-order valence-corrected chi connectivity index (χ1v) is 5.95. The molecule has 15 heavy (non-hydrogen) atoms. The topological polar surface area (TPSA) is 35.5 Å².